The van der Waals surface area contributed by atoms with Crippen molar-refractivity contribution in [1.29, 1.82) is 0 Å². The van der Waals surface area contributed by atoms with Gasteiger partial charge in [0.15, 0.2) is 5.78 Å². The summed E-state index contributed by atoms with van der Waals surface area (Å²) in [5.74, 6) is -3.22. The van der Waals surface area contributed by atoms with E-state index in [4.69, 9.17) is 18.9 Å². The zero-order chi connectivity index (χ0) is 26.4. The third-order valence-corrected chi connectivity index (χ3v) is 9.19. The van der Waals surface area contributed by atoms with Gasteiger partial charge in [0.05, 0.1) is 12.0 Å². The number of benzene rings is 1. The highest BCUT2D eigenvalue weighted by molar-refractivity contribution is 6.04. The molecule has 7 nitrogen and oxygen atoms in total. The fraction of sp³-hybridized carbons (Fsp3) is 0.533. The van der Waals surface area contributed by atoms with Crippen molar-refractivity contribution in [3.8, 4) is 0 Å². The van der Waals surface area contributed by atoms with Gasteiger partial charge in [-0.2, -0.15) is 0 Å². The molecule has 1 aromatic rings. The van der Waals surface area contributed by atoms with Crippen molar-refractivity contribution in [2.45, 2.75) is 75.8 Å². The maximum Gasteiger partial charge on any atom is 0.302 e. The predicted octanol–water partition coefficient (Wildman–Crippen LogP) is 3.81. The van der Waals surface area contributed by atoms with Crippen LogP contribution in [-0.4, -0.2) is 52.3 Å². The molecule has 3 fully saturated rings. The highest BCUT2D eigenvalue weighted by Crippen LogP contribution is 2.68. The molecule has 1 saturated carbocycles. The SMILES string of the molecule is C=C(C)[C@@]12C[C@H](C)C34O[C@@](Cc5ccccc5)(O[C@H]1[C@H]3C=C(COC(C)=O)C[C@@]1(O)C(=O)C(C)=C[C@H]41)O2. The van der Waals surface area contributed by atoms with E-state index in [-0.39, 0.29) is 30.6 Å². The Bertz CT molecular complexity index is 1250. The molecule has 5 aliphatic rings. The molecule has 3 aliphatic carbocycles. The lowest BCUT2D eigenvalue weighted by Gasteiger charge is -2.59. The summed E-state index contributed by atoms with van der Waals surface area (Å²) in [4.78, 5) is 25.2. The van der Waals surface area contributed by atoms with Gasteiger partial charge in [0.2, 0.25) is 0 Å². The third kappa shape index (κ3) is 3.27. The average molecular weight is 507 g/mol. The van der Waals surface area contributed by atoms with Crippen LogP contribution in [0, 0.1) is 17.8 Å². The number of carbonyl (C=O) groups excluding carboxylic acids is 2. The van der Waals surface area contributed by atoms with Gasteiger partial charge in [-0.15, -0.1) is 0 Å². The second-order valence-electron chi connectivity index (χ2n) is 11.6. The summed E-state index contributed by atoms with van der Waals surface area (Å²) >= 11 is 0. The molecule has 37 heavy (non-hydrogen) atoms. The predicted molar refractivity (Wildman–Crippen MR) is 134 cm³/mol. The fourth-order valence-corrected chi connectivity index (χ4v) is 7.68. The van der Waals surface area contributed by atoms with Gasteiger partial charge in [0, 0.05) is 25.2 Å². The van der Waals surface area contributed by atoms with Crippen LogP contribution >= 0.6 is 0 Å². The fourth-order valence-electron chi connectivity index (χ4n) is 7.68. The highest BCUT2D eigenvalue weighted by Gasteiger charge is 2.79. The van der Waals surface area contributed by atoms with Gasteiger partial charge in [-0.25, -0.2) is 0 Å². The first-order chi connectivity index (χ1) is 17.5. The average Bonchev–Trinajstić information content (AvgIpc) is 3.14. The van der Waals surface area contributed by atoms with Crippen LogP contribution in [0.15, 0.2) is 65.8 Å². The lowest BCUT2D eigenvalue weighted by Crippen LogP contribution is -2.70. The summed E-state index contributed by atoms with van der Waals surface area (Å²) in [6.07, 6.45) is 4.44. The van der Waals surface area contributed by atoms with E-state index in [1.165, 1.54) is 6.92 Å². The molecule has 196 valence electrons. The first-order valence-electron chi connectivity index (χ1n) is 13.0. The Balaban J connectivity index is 1.55. The Labute approximate surface area is 217 Å². The van der Waals surface area contributed by atoms with Crippen LogP contribution in [-0.2, 0) is 35.0 Å². The number of hydrogen-bond acceptors (Lipinski definition) is 7. The van der Waals surface area contributed by atoms with Gasteiger partial charge in [-0.3, -0.25) is 9.59 Å². The van der Waals surface area contributed by atoms with Crippen molar-refractivity contribution in [3.63, 3.8) is 0 Å². The van der Waals surface area contributed by atoms with Gasteiger partial charge >= 0.3 is 5.97 Å². The zero-order valence-electron chi connectivity index (χ0n) is 21.8. The van der Waals surface area contributed by atoms with Crippen molar-refractivity contribution in [1.82, 2.24) is 0 Å². The standard InChI is InChI=1S/C30H34O7/c1-17(2)28-13-19(4)30-23(26(28)35-29(36-28,37-30)15-21-9-7-6-8-10-21)12-22(16-34-20(5)31)14-27(33)24(30)11-18(3)25(27)32/h6-12,19,23-24,26,33H,1,13-16H2,2-5H3/t19-,23+,24-,26-,27-,28-,29-,30?/m0/s1. The number of ketones is 1. The molecule has 0 amide bonds. The molecule has 1 N–H and O–H groups in total. The molecule has 3 bridgehead atoms. The quantitative estimate of drug-likeness (QED) is 0.480. The van der Waals surface area contributed by atoms with E-state index >= 15 is 0 Å². The summed E-state index contributed by atoms with van der Waals surface area (Å²) < 4.78 is 26.0. The van der Waals surface area contributed by atoms with E-state index in [0.29, 0.717) is 24.0 Å². The number of Topliss-reactive ketones (excluding diaryl/α,β-unsaturated/α-hetero) is 1. The molecule has 0 spiro atoms. The Hall–Kier alpha value is -2.58. The number of rotatable bonds is 5. The van der Waals surface area contributed by atoms with E-state index in [2.05, 4.69) is 13.5 Å². The molecule has 8 atom stereocenters. The molecule has 6 rings (SSSR count). The summed E-state index contributed by atoms with van der Waals surface area (Å²) in [5.41, 5.74) is -0.469. The maximum absolute atomic E-state index is 13.5. The van der Waals surface area contributed by atoms with E-state index < -0.39 is 40.8 Å². The molecule has 2 aliphatic heterocycles. The first-order valence-corrected chi connectivity index (χ1v) is 13.0. The maximum atomic E-state index is 13.5. The number of esters is 1. The minimum Gasteiger partial charge on any atom is -0.461 e. The van der Waals surface area contributed by atoms with E-state index in [1.54, 1.807) is 6.92 Å². The largest absolute Gasteiger partial charge is 0.461 e. The van der Waals surface area contributed by atoms with Gasteiger partial charge in [0.25, 0.3) is 5.97 Å². The second kappa shape index (κ2) is 7.96. The second-order valence-corrected chi connectivity index (χ2v) is 11.6. The number of ether oxygens (including phenoxy) is 4. The lowest BCUT2D eigenvalue weighted by molar-refractivity contribution is -0.421. The van der Waals surface area contributed by atoms with Crippen LogP contribution in [0.2, 0.25) is 0 Å². The molecule has 7 heteroatoms. The van der Waals surface area contributed by atoms with Crippen molar-refractivity contribution in [2.75, 3.05) is 6.61 Å². The number of fused-ring (bicyclic) bond motifs is 2. The molecular formula is C30H34O7. The number of hydrogen-bond donors (Lipinski definition) is 1. The Morgan fingerprint density at radius 3 is 2.59 bits per heavy atom. The molecule has 0 aromatic heterocycles. The van der Waals surface area contributed by atoms with E-state index in [1.807, 2.05) is 49.4 Å². The number of aliphatic hydroxyl groups is 1. The van der Waals surface area contributed by atoms with E-state index in [0.717, 1.165) is 11.1 Å². The molecule has 1 unspecified atom stereocenters. The lowest BCUT2D eigenvalue weighted by atomic mass is 9.55. The molecule has 2 heterocycles. The van der Waals surface area contributed by atoms with E-state index in [9.17, 15) is 14.7 Å². The van der Waals surface area contributed by atoms with Crippen LogP contribution in [0.4, 0.5) is 0 Å². The van der Waals surface area contributed by atoms with Gasteiger partial charge in [0.1, 0.15) is 23.9 Å². The summed E-state index contributed by atoms with van der Waals surface area (Å²) in [7, 11) is 0. The van der Waals surface area contributed by atoms with Crippen LogP contribution in [0.3, 0.4) is 0 Å². The van der Waals surface area contributed by atoms with Gasteiger partial charge in [-0.1, -0.05) is 56.0 Å². The zero-order valence-corrected chi connectivity index (χ0v) is 21.8. The Morgan fingerprint density at radius 2 is 1.92 bits per heavy atom. The molecule has 2 saturated heterocycles. The normalized spacial score (nSPS) is 43.4. The molecule has 0 radical (unpaired) electrons. The minimum absolute atomic E-state index is 0.0134. The smallest absolute Gasteiger partial charge is 0.302 e. The van der Waals surface area contributed by atoms with Crippen molar-refractivity contribution < 1.29 is 33.6 Å². The van der Waals surface area contributed by atoms with Crippen molar-refractivity contribution in [3.05, 3.63) is 71.3 Å². The first kappa shape index (κ1) is 24.7. The monoisotopic (exact) mass is 506 g/mol. The summed E-state index contributed by atoms with van der Waals surface area (Å²) in [5, 5.41) is 12.1. The van der Waals surface area contributed by atoms with Gasteiger partial charge in [-0.05, 0) is 48.5 Å². The van der Waals surface area contributed by atoms with Crippen molar-refractivity contribution in [2.24, 2.45) is 17.8 Å². The topological polar surface area (TPSA) is 91.3 Å². The van der Waals surface area contributed by atoms with Crippen molar-refractivity contribution >= 4 is 11.8 Å². The van der Waals surface area contributed by atoms with Crippen LogP contribution in [0.5, 0.6) is 0 Å². The third-order valence-electron chi connectivity index (χ3n) is 9.19. The van der Waals surface area contributed by atoms with Gasteiger partial charge < -0.3 is 24.1 Å². The highest BCUT2D eigenvalue weighted by atomic mass is 16.9. The molecule has 1 aromatic carbocycles. The van der Waals surface area contributed by atoms with Crippen LogP contribution < -0.4 is 0 Å². The number of carbonyl (C=O) groups is 2. The Kier molecular flexibility index (Phi) is 5.32. The summed E-state index contributed by atoms with van der Waals surface area (Å²) in [6, 6.07) is 9.89. The molecular weight excluding hydrogens is 472 g/mol. The van der Waals surface area contributed by atoms with Crippen LogP contribution in [0.1, 0.15) is 46.1 Å². The Morgan fingerprint density at radius 1 is 1.19 bits per heavy atom. The minimum atomic E-state index is -1.72. The van der Waals surface area contributed by atoms with Crippen LogP contribution in [0.25, 0.3) is 0 Å². The summed E-state index contributed by atoms with van der Waals surface area (Å²) in [6.45, 7) is 11.4.